The van der Waals surface area contributed by atoms with Crippen molar-refractivity contribution in [2.75, 3.05) is 0 Å². The van der Waals surface area contributed by atoms with Crippen LogP contribution in [0.15, 0.2) is 41.8 Å². The average Bonchev–Trinajstić information content (AvgIpc) is 2.88. The molecule has 1 heterocycles. The van der Waals surface area contributed by atoms with Crippen LogP contribution in [0.4, 0.5) is 0 Å². The molecule has 0 amide bonds. The molecule has 0 saturated carbocycles. The number of rotatable bonds is 1. The fourth-order valence-electron chi connectivity index (χ4n) is 1.74. The lowest BCUT2D eigenvalue weighted by molar-refractivity contribution is 0.238. The normalized spacial score (nSPS) is 12.6. The lowest BCUT2D eigenvalue weighted by Gasteiger charge is -2.19. The molecule has 0 fully saturated rings. The monoisotopic (exact) mass is 270 g/mol. The Hall–Kier alpha value is -1.56. The van der Waals surface area contributed by atoms with E-state index >= 15 is 0 Å². The van der Waals surface area contributed by atoms with Crippen molar-refractivity contribution in [2.45, 2.75) is 32.3 Å². The predicted molar refractivity (Wildman–Crippen MR) is 81.3 cm³/mol. The number of aliphatic hydroxyl groups excluding tert-OH is 1. The molecule has 1 aromatic heterocycles. The Balaban J connectivity index is 2.14. The molecule has 1 nitrogen and oxygen atoms in total. The summed E-state index contributed by atoms with van der Waals surface area (Å²) in [7, 11) is 0. The molecule has 0 aliphatic carbocycles. The minimum atomic E-state index is -0.726. The Kier molecular flexibility index (Phi) is 4.09. The van der Waals surface area contributed by atoms with Crippen LogP contribution in [0.5, 0.6) is 0 Å². The second-order valence-corrected chi connectivity index (χ2v) is 6.47. The first-order chi connectivity index (χ1) is 8.97. The molecule has 2 aromatic rings. The summed E-state index contributed by atoms with van der Waals surface area (Å²) in [5.41, 5.74) is 2.23. The summed E-state index contributed by atoms with van der Waals surface area (Å²) < 4.78 is 0. The van der Waals surface area contributed by atoms with Gasteiger partial charge in [-0.3, -0.25) is 0 Å². The number of aliphatic hydroxyl groups is 1. The summed E-state index contributed by atoms with van der Waals surface area (Å²) in [5.74, 6) is 5.86. The van der Waals surface area contributed by atoms with E-state index < -0.39 is 6.10 Å². The molecule has 0 bridgehead atoms. The van der Waals surface area contributed by atoms with Gasteiger partial charge in [0, 0.05) is 0 Å². The van der Waals surface area contributed by atoms with E-state index in [-0.39, 0.29) is 5.41 Å². The lowest BCUT2D eigenvalue weighted by Crippen LogP contribution is -2.10. The summed E-state index contributed by atoms with van der Waals surface area (Å²) >= 11 is 1.58. The van der Waals surface area contributed by atoms with Crippen molar-refractivity contribution in [2.24, 2.45) is 0 Å². The highest BCUT2D eigenvalue weighted by molar-refractivity contribution is 7.10. The van der Waals surface area contributed by atoms with Crippen LogP contribution in [-0.4, -0.2) is 5.11 Å². The minimum Gasteiger partial charge on any atom is -0.376 e. The molecular weight excluding hydrogens is 252 g/mol. The number of benzene rings is 1. The molecule has 1 aromatic carbocycles. The highest BCUT2D eigenvalue weighted by Gasteiger charge is 2.13. The van der Waals surface area contributed by atoms with Gasteiger partial charge in [-0.2, -0.15) is 0 Å². The third-order valence-corrected chi connectivity index (χ3v) is 3.73. The molecule has 19 heavy (non-hydrogen) atoms. The van der Waals surface area contributed by atoms with Crippen molar-refractivity contribution >= 4 is 11.3 Å². The first kappa shape index (κ1) is 13.9. The van der Waals surface area contributed by atoms with Gasteiger partial charge in [-0.1, -0.05) is 62.9 Å². The third kappa shape index (κ3) is 3.70. The fourth-order valence-corrected chi connectivity index (χ4v) is 2.32. The molecule has 1 N–H and O–H groups in total. The quantitative estimate of drug-likeness (QED) is 0.772. The van der Waals surface area contributed by atoms with E-state index in [1.807, 2.05) is 29.6 Å². The zero-order chi connectivity index (χ0) is 13.9. The Labute approximate surface area is 118 Å². The van der Waals surface area contributed by atoms with Crippen LogP contribution in [0.2, 0.25) is 0 Å². The molecule has 0 radical (unpaired) electrons. The molecule has 0 saturated heterocycles. The van der Waals surface area contributed by atoms with Gasteiger partial charge >= 0.3 is 0 Å². The third-order valence-electron chi connectivity index (χ3n) is 2.95. The highest BCUT2D eigenvalue weighted by atomic mass is 32.1. The summed E-state index contributed by atoms with van der Waals surface area (Å²) in [5, 5.41) is 12.0. The van der Waals surface area contributed by atoms with E-state index in [9.17, 15) is 5.11 Å². The van der Waals surface area contributed by atoms with E-state index in [1.54, 1.807) is 11.3 Å². The van der Waals surface area contributed by atoms with Crippen molar-refractivity contribution in [3.05, 3.63) is 57.8 Å². The predicted octanol–water partition coefficient (Wildman–Crippen LogP) is 4.13. The summed E-state index contributed by atoms with van der Waals surface area (Å²) in [6.45, 7) is 6.53. The van der Waals surface area contributed by atoms with E-state index in [0.717, 1.165) is 10.4 Å². The smallest absolute Gasteiger partial charge is 0.140 e. The fraction of sp³-hybridized carbons (Fsp3) is 0.294. The van der Waals surface area contributed by atoms with Gasteiger partial charge < -0.3 is 5.11 Å². The zero-order valence-corrected chi connectivity index (χ0v) is 12.3. The molecule has 0 spiro atoms. The van der Waals surface area contributed by atoms with Crippen molar-refractivity contribution in [3.8, 4) is 11.8 Å². The Morgan fingerprint density at radius 3 is 2.32 bits per heavy atom. The zero-order valence-electron chi connectivity index (χ0n) is 11.5. The summed E-state index contributed by atoms with van der Waals surface area (Å²) in [6, 6.07) is 11.9. The Bertz CT molecular complexity index is 577. The van der Waals surface area contributed by atoms with E-state index in [2.05, 4.69) is 44.7 Å². The van der Waals surface area contributed by atoms with Gasteiger partial charge in [0.25, 0.3) is 0 Å². The van der Waals surface area contributed by atoms with Gasteiger partial charge in [-0.25, -0.2) is 0 Å². The first-order valence-electron chi connectivity index (χ1n) is 6.30. The van der Waals surface area contributed by atoms with Crippen molar-refractivity contribution in [1.82, 2.24) is 0 Å². The van der Waals surface area contributed by atoms with Crippen LogP contribution in [0.3, 0.4) is 0 Å². The van der Waals surface area contributed by atoms with Gasteiger partial charge in [0.2, 0.25) is 0 Å². The van der Waals surface area contributed by atoms with Crippen LogP contribution >= 0.6 is 11.3 Å². The Morgan fingerprint density at radius 2 is 1.79 bits per heavy atom. The lowest BCUT2D eigenvalue weighted by atomic mass is 9.86. The molecule has 98 valence electrons. The summed E-state index contributed by atoms with van der Waals surface area (Å²) in [6.07, 6.45) is -0.726. The molecule has 2 rings (SSSR count). The largest absolute Gasteiger partial charge is 0.376 e. The van der Waals surface area contributed by atoms with E-state index in [0.29, 0.717) is 0 Å². The average molecular weight is 270 g/mol. The van der Waals surface area contributed by atoms with Crippen LogP contribution < -0.4 is 0 Å². The SMILES string of the molecule is CC(C)(C)c1ccc(C(O)C#Cc2cccs2)cc1. The molecular formula is C17H18OS. The second kappa shape index (κ2) is 5.61. The van der Waals surface area contributed by atoms with E-state index in [4.69, 9.17) is 0 Å². The van der Waals surface area contributed by atoms with Gasteiger partial charge in [0.15, 0.2) is 0 Å². The molecule has 2 heteroatoms. The molecule has 0 aliphatic heterocycles. The number of thiophene rings is 1. The van der Waals surface area contributed by atoms with Crippen molar-refractivity contribution in [3.63, 3.8) is 0 Å². The van der Waals surface area contributed by atoms with Gasteiger partial charge in [-0.15, -0.1) is 11.3 Å². The molecule has 1 unspecified atom stereocenters. The Morgan fingerprint density at radius 1 is 1.11 bits per heavy atom. The van der Waals surface area contributed by atoms with Crippen molar-refractivity contribution < 1.29 is 5.11 Å². The maximum atomic E-state index is 10.0. The number of hydrogen-bond donors (Lipinski definition) is 1. The molecule has 0 aliphatic rings. The van der Waals surface area contributed by atoms with Crippen molar-refractivity contribution in [1.29, 1.82) is 0 Å². The standard InChI is InChI=1S/C17H18OS/c1-17(2,3)14-8-6-13(7-9-14)16(18)11-10-15-5-4-12-19-15/h4-9,12,16,18H,1-3H3. The molecule has 1 atom stereocenters. The first-order valence-corrected chi connectivity index (χ1v) is 7.18. The van der Waals surface area contributed by atoms with Gasteiger partial charge in [-0.05, 0) is 28.0 Å². The van der Waals surface area contributed by atoms with Gasteiger partial charge in [0.05, 0.1) is 4.88 Å². The highest BCUT2D eigenvalue weighted by Crippen LogP contribution is 2.23. The van der Waals surface area contributed by atoms with Crippen LogP contribution in [-0.2, 0) is 5.41 Å². The maximum Gasteiger partial charge on any atom is 0.140 e. The van der Waals surface area contributed by atoms with Crippen LogP contribution in [0, 0.1) is 11.8 Å². The topological polar surface area (TPSA) is 20.2 Å². The maximum absolute atomic E-state index is 10.0. The number of hydrogen-bond acceptors (Lipinski definition) is 2. The van der Waals surface area contributed by atoms with Crippen LogP contribution in [0.1, 0.15) is 42.9 Å². The minimum absolute atomic E-state index is 0.131. The summed E-state index contributed by atoms with van der Waals surface area (Å²) in [4.78, 5) is 0.977. The van der Waals surface area contributed by atoms with Crippen LogP contribution in [0.25, 0.3) is 0 Å². The van der Waals surface area contributed by atoms with E-state index in [1.165, 1.54) is 5.56 Å². The van der Waals surface area contributed by atoms with Gasteiger partial charge in [0.1, 0.15) is 6.10 Å². The second-order valence-electron chi connectivity index (χ2n) is 5.52.